The van der Waals surface area contributed by atoms with E-state index >= 15 is 0 Å². The van der Waals surface area contributed by atoms with E-state index in [0.717, 1.165) is 14.5 Å². The van der Waals surface area contributed by atoms with E-state index in [2.05, 4.69) is 25.6 Å². The van der Waals surface area contributed by atoms with Gasteiger partial charge < -0.3 is 19.5 Å². The molecule has 0 radical (unpaired) electrons. The van der Waals surface area contributed by atoms with E-state index < -0.39 is 35.4 Å². The second-order valence-corrected chi connectivity index (χ2v) is 13.8. The highest BCUT2D eigenvalue weighted by atomic mass is 79.9. The number of nitrogens with zero attached hydrogens (tertiary/aromatic N) is 2. The predicted octanol–water partition coefficient (Wildman–Crippen LogP) is 6.73. The van der Waals surface area contributed by atoms with Crippen molar-refractivity contribution in [1.82, 2.24) is 9.69 Å². The molecule has 2 amide bonds. The molecule has 0 aliphatic carbocycles. The third kappa shape index (κ3) is 7.88. The first kappa shape index (κ1) is 29.3. The van der Waals surface area contributed by atoms with Crippen molar-refractivity contribution in [3.8, 4) is 0 Å². The highest BCUT2D eigenvalue weighted by Gasteiger charge is 2.31. The van der Waals surface area contributed by atoms with Crippen molar-refractivity contribution in [3.05, 3.63) is 31.7 Å². The highest BCUT2D eigenvalue weighted by molar-refractivity contribution is 9.10. The van der Waals surface area contributed by atoms with Crippen LogP contribution in [0, 0.1) is 0 Å². The molecule has 0 saturated heterocycles. The zero-order chi connectivity index (χ0) is 27.5. The fraction of sp³-hybridized carbons (Fsp3) is 0.500. The Balaban J connectivity index is 1.94. The lowest BCUT2D eigenvalue weighted by Gasteiger charge is -2.26. The summed E-state index contributed by atoms with van der Waals surface area (Å²) < 4.78 is 22.0. The van der Waals surface area contributed by atoms with Crippen molar-refractivity contribution in [1.29, 1.82) is 0 Å². The molecule has 3 aromatic heterocycles. The van der Waals surface area contributed by atoms with Gasteiger partial charge in [0.25, 0.3) is 0 Å². The molecular formula is C24H30BrN3O6S3. The van der Waals surface area contributed by atoms with E-state index in [-0.39, 0.29) is 6.42 Å². The first-order valence-electron chi connectivity index (χ1n) is 11.4. The van der Waals surface area contributed by atoms with Crippen molar-refractivity contribution in [2.45, 2.75) is 71.8 Å². The standard InChI is InChI=1S/C24H30BrN3O6S3/c1-23(2,3)33-21(30)26-14(20(29)32-7)11-15-16(25)17-18(36-15)19(37-27-17)28(12-13-9-8-10-35-13)22(31)34-24(4,5)6/h8-10,14H,11-12H2,1-7H3,(H,26,30)/t14-/m0/s1. The van der Waals surface area contributed by atoms with Crippen LogP contribution >= 0.6 is 50.1 Å². The Morgan fingerprint density at radius 2 is 1.81 bits per heavy atom. The molecule has 1 N–H and O–H groups in total. The smallest absolute Gasteiger partial charge is 0.415 e. The van der Waals surface area contributed by atoms with Crippen molar-refractivity contribution >= 4 is 83.5 Å². The van der Waals surface area contributed by atoms with Gasteiger partial charge in [-0.3, -0.25) is 4.90 Å². The average Bonchev–Trinajstić information content (AvgIpc) is 3.48. The van der Waals surface area contributed by atoms with Gasteiger partial charge in [-0.1, -0.05) is 6.07 Å². The Kier molecular flexibility index (Phi) is 9.25. The summed E-state index contributed by atoms with van der Waals surface area (Å²) in [5.74, 6) is -0.602. The van der Waals surface area contributed by atoms with E-state index in [4.69, 9.17) is 14.2 Å². The summed E-state index contributed by atoms with van der Waals surface area (Å²) in [6.45, 7) is 11.0. The number of fused-ring (bicyclic) bond motifs is 1. The minimum atomic E-state index is -0.973. The fourth-order valence-electron chi connectivity index (χ4n) is 3.17. The summed E-state index contributed by atoms with van der Waals surface area (Å²) in [5.41, 5.74) is -0.722. The molecule has 0 unspecified atom stereocenters. The van der Waals surface area contributed by atoms with E-state index in [0.29, 0.717) is 21.5 Å². The van der Waals surface area contributed by atoms with E-state index in [9.17, 15) is 14.4 Å². The molecular weight excluding hydrogens is 602 g/mol. The van der Waals surface area contributed by atoms with Gasteiger partial charge in [0.2, 0.25) is 0 Å². The summed E-state index contributed by atoms with van der Waals surface area (Å²) in [6.07, 6.45) is -1.05. The maximum absolute atomic E-state index is 13.2. The molecule has 3 aromatic rings. The minimum absolute atomic E-state index is 0.148. The zero-order valence-corrected chi connectivity index (χ0v) is 25.7. The van der Waals surface area contributed by atoms with Gasteiger partial charge >= 0.3 is 18.2 Å². The van der Waals surface area contributed by atoms with Crippen LogP contribution in [0.3, 0.4) is 0 Å². The first-order chi connectivity index (χ1) is 17.2. The SMILES string of the molecule is COC(=O)[C@H](Cc1sc2c(N(Cc3cccs3)C(=O)OC(C)(C)C)snc2c1Br)NC(=O)OC(C)(C)C. The molecule has 0 spiro atoms. The average molecular weight is 633 g/mol. The Bertz CT molecular complexity index is 1260. The number of ether oxygens (including phenoxy) is 3. The van der Waals surface area contributed by atoms with Gasteiger partial charge in [-0.2, -0.15) is 4.37 Å². The number of carbonyl (C=O) groups excluding carboxylic acids is 3. The molecule has 0 aliphatic rings. The number of rotatable bonds is 7. The largest absolute Gasteiger partial charge is 0.467 e. The lowest BCUT2D eigenvalue weighted by atomic mass is 10.2. The van der Waals surface area contributed by atoms with Gasteiger partial charge in [-0.05, 0) is 80.5 Å². The van der Waals surface area contributed by atoms with Crippen LogP contribution in [0.15, 0.2) is 22.0 Å². The summed E-state index contributed by atoms with van der Waals surface area (Å²) in [4.78, 5) is 41.4. The van der Waals surface area contributed by atoms with Crippen molar-refractivity contribution < 1.29 is 28.6 Å². The van der Waals surface area contributed by atoms with E-state index in [1.54, 1.807) is 37.0 Å². The second-order valence-electron chi connectivity index (χ2n) is 10.1. The Morgan fingerprint density at radius 1 is 1.14 bits per heavy atom. The van der Waals surface area contributed by atoms with Crippen molar-refractivity contribution in [2.75, 3.05) is 12.0 Å². The molecule has 37 heavy (non-hydrogen) atoms. The van der Waals surface area contributed by atoms with Crippen molar-refractivity contribution in [3.63, 3.8) is 0 Å². The molecule has 0 aromatic carbocycles. The molecule has 0 aliphatic heterocycles. The fourth-order valence-corrected chi connectivity index (χ4v) is 7.00. The lowest BCUT2D eigenvalue weighted by Crippen LogP contribution is -2.45. The lowest BCUT2D eigenvalue weighted by molar-refractivity contribution is -0.143. The molecule has 0 fully saturated rings. The minimum Gasteiger partial charge on any atom is -0.467 e. The van der Waals surface area contributed by atoms with Crippen LogP contribution in [0.1, 0.15) is 51.3 Å². The summed E-state index contributed by atoms with van der Waals surface area (Å²) in [5, 5.41) is 5.19. The van der Waals surface area contributed by atoms with Gasteiger partial charge in [0.1, 0.15) is 27.8 Å². The zero-order valence-electron chi connectivity index (χ0n) is 21.7. The predicted molar refractivity (Wildman–Crippen MR) is 151 cm³/mol. The van der Waals surface area contributed by atoms with E-state index in [1.165, 1.54) is 30.0 Å². The number of halogens is 1. The number of carbonyl (C=O) groups is 3. The first-order valence-corrected chi connectivity index (χ1v) is 14.6. The highest BCUT2D eigenvalue weighted by Crippen LogP contribution is 2.44. The molecule has 13 heteroatoms. The number of aromatic nitrogens is 1. The normalized spacial score (nSPS) is 12.8. The number of nitrogens with one attached hydrogen (secondary N) is 1. The Hall–Kier alpha value is -2.22. The van der Waals surface area contributed by atoms with Crippen molar-refractivity contribution in [2.24, 2.45) is 0 Å². The summed E-state index contributed by atoms with van der Waals surface area (Å²) >= 11 is 7.74. The molecule has 3 rings (SSSR count). The summed E-state index contributed by atoms with van der Waals surface area (Å²) in [7, 11) is 1.26. The third-order valence-electron chi connectivity index (χ3n) is 4.63. The molecule has 0 bridgehead atoms. The van der Waals surface area contributed by atoms with Crippen LogP contribution in [0.5, 0.6) is 0 Å². The summed E-state index contributed by atoms with van der Waals surface area (Å²) in [6, 6.07) is 2.92. The van der Waals surface area contributed by atoms with Crippen LogP contribution in [-0.2, 0) is 32.0 Å². The molecule has 9 nitrogen and oxygen atoms in total. The number of anilines is 1. The van der Waals surface area contributed by atoms with Crippen LogP contribution in [0.4, 0.5) is 14.6 Å². The second kappa shape index (κ2) is 11.7. The topological polar surface area (TPSA) is 107 Å². The molecule has 0 saturated carbocycles. The maximum Gasteiger partial charge on any atom is 0.415 e. The molecule has 202 valence electrons. The van der Waals surface area contributed by atoms with Crippen LogP contribution in [-0.4, -0.2) is 46.9 Å². The van der Waals surface area contributed by atoms with Crippen LogP contribution in [0.25, 0.3) is 10.2 Å². The Morgan fingerprint density at radius 3 is 2.38 bits per heavy atom. The number of methoxy groups -OCH3 is 1. The van der Waals surface area contributed by atoms with Gasteiger partial charge in [0, 0.05) is 16.2 Å². The van der Waals surface area contributed by atoms with Crippen LogP contribution < -0.4 is 10.2 Å². The monoisotopic (exact) mass is 631 g/mol. The number of thiophene rings is 2. The van der Waals surface area contributed by atoms with Gasteiger partial charge in [-0.15, -0.1) is 22.7 Å². The molecule has 1 atom stereocenters. The number of hydrogen-bond donors (Lipinski definition) is 1. The third-order valence-corrected chi connectivity index (χ3v) is 8.82. The Labute approximate surface area is 236 Å². The van der Waals surface area contributed by atoms with Gasteiger partial charge in [-0.25, -0.2) is 14.4 Å². The number of alkyl carbamates (subject to hydrolysis) is 1. The quantitative estimate of drug-likeness (QED) is 0.227. The number of esters is 1. The van der Waals surface area contributed by atoms with E-state index in [1.807, 2.05) is 38.3 Å². The van der Waals surface area contributed by atoms with Gasteiger partial charge in [0.05, 0.1) is 22.8 Å². The number of hydrogen-bond acceptors (Lipinski definition) is 10. The molecule has 3 heterocycles. The number of amides is 2. The van der Waals surface area contributed by atoms with Gasteiger partial charge in [0.15, 0.2) is 0 Å². The maximum atomic E-state index is 13.2. The van der Waals surface area contributed by atoms with Crippen LogP contribution in [0.2, 0.25) is 0 Å².